The van der Waals surface area contributed by atoms with E-state index in [1.54, 1.807) is 7.11 Å². The number of methoxy groups -OCH3 is 1. The van der Waals surface area contributed by atoms with E-state index in [1.165, 1.54) is 11.3 Å². The first kappa shape index (κ1) is 10.8. The predicted molar refractivity (Wildman–Crippen MR) is 63.6 cm³/mol. The molecule has 1 atom stereocenters. The van der Waals surface area contributed by atoms with E-state index in [0.717, 1.165) is 31.0 Å². The first-order chi connectivity index (χ1) is 7.29. The molecule has 1 aliphatic rings. The van der Waals surface area contributed by atoms with Gasteiger partial charge in [-0.1, -0.05) is 17.7 Å². The average molecular weight is 226 g/mol. The zero-order valence-electron chi connectivity index (χ0n) is 8.92. The highest BCUT2D eigenvalue weighted by atomic mass is 35.5. The molecule has 0 aromatic heterocycles. The van der Waals surface area contributed by atoms with Crippen molar-refractivity contribution < 1.29 is 4.74 Å². The van der Waals surface area contributed by atoms with Crippen LogP contribution >= 0.6 is 11.6 Å². The van der Waals surface area contributed by atoms with Gasteiger partial charge in [-0.25, -0.2) is 0 Å². The molecular formula is C12H16ClNO. The fourth-order valence-electron chi connectivity index (χ4n) is 2.02. The van der Waals surface area contributed by atoms with Crippen molar-refractivity contribution in [1.29, 1.82) is 0 Å². The smallest absolute Gasteiger partial charge is 0.0465 e. The number of rotatable bonds is 3. The summed E-state index contributed by atoms with van der Waals surface area (Å²) < 4.78 is 5.10. The Morgan fingerprint density at radius 2 is 2.40 bits per heavy atom. The minimum atomic E-state index is 0.679. The fourth-order valence-corrected chi connectivity index (χ4v) is 2.19. The van der Waals surface area contributed by atoms with E-state index in [9.17, 15) is 0 Å². The molecule has 0 bridgehead atoms. The highest BCUT2D eigenvalue weighted by Gasteiger charge is 2.17. The van der Waals surface area contributed by atoms with Gasteiger partial charge in [0, 0.05) is 31.0 Å². The molecule has 0 fully saturated rings. The van der Waals surface area contributed by atoms with E-state index in [-0.39, 0.29) is 0 Å². The van der Waals surface area contributed by atoms with Gasteiger partial charge in [0.25, 0.3) is 0 Å². The van der Waals surface area contributed by atoms with Gasteiger partial charge in [-0.15, -0.1) is 0 Å². The summed E-state index contributed by atoms with van der Waals surface area (Å²) in [7, 11) is 1.75. The Morgan fingerprint density at radius 3 is 3.20 bits per heavy atom. The Bertz CT molecular complexity index is 340. The van der Waals surface area contributed by atoms with Crippen LogP contribution in [0.5, 0.6) is 0 Å². The third kappa shape index (κ3) is 2.64. The molecule has 1 aromatic rings. The highest BCUT2D eigenvalue weighted by Crippen LogP contribution is 2.28. The SMILES string of the molecule is COCCC1CNc2cc(Cl)ccc2C1. The Kier molecular flexibility index (Phi) is 3.49. The molecule has 0 aliphatic carbocycles. The Balaban J connectivity index is 2.03. The maximum atomic E-state index is 5.94. The molecule has 1 N–H and O–H groups in total. The zero-order chi connectivity index (χ0) is 10.7. The summed E-state index contributed by atoms with van der Waals surface area (Å²) in [6, 6.07) is 6.08. The fraction of sp³-hybridized carbons (Fsp3) is 0.500. The molecule has 3 heteroatoms. The molecule has 1 aliphatic heterocycles. The summed E-state index contributed by atoms with van der Waals surface area (Å²) in [5.41, 5.74) is 2.56. The quantitative estimate of drug-likeness (QED) is 0.854. The summed E-state index contributed by atoms with van der Waals surface area (Å²) in [5.74, 6) is 0.679. The van der Waals surface area contributed by atoms with Crippen molar-refractivity contribution in [3.05, 3.63) is 28.8 Å². The molecule has 1 aromatic carbocycles. The predicted octanol–water partition coefficient (Wildman–Crippen LogP) is 2.96. The van der Waals surface area contributed by atoms with E-state index in [0.29, 0.717) is 5.92 Å². The van der Waals surface area contributed by atoms with Crippen molar-refractivity contribution in [1.82, 2.24) is 0 Å². The lowest BCUT2D eigenvalue weighted by Gasteiger charge is -2.26. The standard InChI is InChI=1S/C12H16ClNO/c1-15-5-4-9-6-10-2-3-11(13)7-12(10)14-8-9/h2-3,7,9,14H,4-6,8H2,1H3. The number of ether oxygens (including phenoxy) is 1. The molecule has 0 radical (unpaired) electrons. The lowest BCUT2D eigenvalue weighted by atomic mass is 9.92. The number of hydrogen-bond donors (Lipinski definition) is 1. The molecule has 2 rings (SSSR count). The monoisotopic (exact) mass is 225 g/mol. The van der Waals surface area contributed by atoms with E-state index in [2.05, 4.69) is 11.4 Å². The number of hydrogen-bond acceptors (Lipinski definition) is 2. The first-order valence-electron chi connectivity index (χ1n) is 5.31. The van der Waals surface area contributed by atoms with Crippen LogP contribution in [0, 0.1) is 5.92 Å². The van der Waals surface area contributed by atoms with Crippen LogP contribution in [0.2, 0.25) is 5.02 Å². The van der Waals surface area contributed by atoms with Crippen LogP contribution in [0.3, 0.4) is 0 Å². The van der Waals surface area contributed by atoms with Crippen molar-refractivity contribution in [2.24, 2.45) is 5.92 Å². The molecule has 1 heterocycles. The minimum absolute atomic E-state index is 0.679. The normalized spacial score (nSPS) is 19.5. The summed E-state index contributed by atoms with van der Waals surface area (Å²) in [6.07, 6.45) is 2.24. The summed E-state index contributed by atoms with van der Waals surface area (Å²) in [5, 5.41) is 4.22. The summed E-state index contributed by atoms with van der Waals surface area (Å²) in [4.78, 5) is 0. The minimum Gasteiger partial charge on any atom is -0.385 e. The van der Waals surface area contributed by atoms with Gasteiger partial charge in [0.2, 0.25) is 0 Å². The van der Waals surface area contributed by atoms with Gasteiger partial charge in [-0.05, 0) is 36.5 Å². The largest absolute Gasteiger partial charge is 0.385 e. The molecule has 82 valence electrons. The maximum Gasteiger partial charge on any atom is 0.0465 e. The molecule has 0 amide bonds. The molecule has 15 heavy (non-hydrogen) atoms. The van der Waals surface area contributed by atoms with Crippen molar-refractivity contribution in [3.63, 3.8) is 0 Å². The molecule has 1 unspecified atom stereocenters. The maximum absolute atomic E-state index is 5.94. The van der Waals surface area contributed by atoms with Crippen LogP contribution in [0.4, 0.5) is 5.69 Å². The number of fused-ring (bicyclic) bond motifs is 1. The lowest BCUT2D eigenvalue weighted by molar-refractivity contribution is 0.178. The van der Waals surface area contributed by atoms with Gasteiger partial charge < -0.3 is 10.1 Å². The van der Waals surface area contributed by atoms with Gasteiger partial charge in [0.15, 0.2) is 0 Å². The second-order valence-electron chi connectivity index (χ2n) is 4.03. The van der Waals surface area contributed by atoms with Crippen molar-refractivity contribution >= 4 is 17.3 Å². The van der Waals surface area contributed by atoms with E-state index in [1.807, 2.05) is 12.1 Å². The summed E-state index contributed by atoms with van der Waals surface area (Å²) >= 11 is 5.94. The van der Waals surface area contributed by atoms with Crippen LogP contribution in [0.15, 0.2) is 18.2 Å². The van der Waals surface area contributed by atoms with E-state index >= 15 is 0 Å². The number of halogens is 1. The summed E-state index contributed by atoms with van der Waals surface area (Å²) in [6.45, 7) is 1.87. The average Bonchev–Trinajstić information content (AvgIpc) is 2.26. The second-order valence-corrected chi connectivity index (χ2v) is 4.47. The number of anilines is 1. The second kappa shape index (κ2) is 4.86. The molecular weight excluding hydrogens is 210 g/mol. The van der Waals surface area contributed by atoms with Crippen molar-refractivity contribution in [3.8, 4) is 0 Å². The lowest BCUT2D eigenvalue weighted by Crippen LogP contribution is -2.24. The van der Waals surface area contributed by atoms with Crippen LogP contribution in [-0.4, -0.2) is 20.3 Å². The van der Waals surface area contributed by atoms with Crippen LogP contribution in [0.25, 0.3) is 0 Å². The van der Waals surface area contributed by atoms with Crippen molar-refractivity contribution in [2.75, 3.05) is 25.6 Å². The van der Waals surface area contributed by atoms with Gasteiger partial charge in [-0.2, -0.15) is 0 Å². The molecule has 0 spiro atoms. The molecule has 2 nitrogen and oxygen atoms in total. The third-order valence-corrected chi connectivity index (χ3v) is 3.13. The molecule has 0 saturated heterocycles. The Labute approximate surface area is 95.6 Å². The Morgan fingerprint density at radius 1 is 1.53 bits per heavy atom. The van der Waals surface area contributed by atoms with Gasteiger partial charge >= 0.3 is 0 Å². The van der Waals surface area contributed by atoms with E-state index in [4.69, 9.17) is 16.3 Å². The van der Waals surface area contributed by atoms with Crippen LogP contribution in [-0.2, 0) is 11.2 Å². The third-order valence-electron chi connectivity index (χ3n) is 2.89. The van der Waals surface area contributed by atoms with Crippen molar-refractivity contribution in [2.45, 2.75) is 12.8 Å². The van der Waals surface area contributed by atoms with Gasteiger partial charge in [0.1, 0.15) is 0 Å². The topological polar surface area (TPSA) is 21.3 Å². The zero-order valence-corrected chi connectivity index (χ0v) is 9.68. The Hall–Kier alpha value is -0.730. The molecule has 0 saturated carbocycles. The van der Waals surface area contributed by atoms with Crippen LogP contribution < -0.4 is 5.32 Å². The van der Waals surface area contributed by atoms with Gasteiger partial charge in [-0.3, -0.25) is 0 Å². The number of nitrogens with one attached hydrogen (secondary N) is 1. The number of benzene rings is 1. The first-order valence-corrected chi connectivity index (χ1v) is 5.68. The van der Waals surface area contributed by atoms with E-state index < -0.39 is 0 Å². The highest BCUT2D eigenvalue weighted by molar-refractivity contribution is 6.30. The van der Waals surface area contributed by atoms with Gasteiger partial charge in [0.05, 0.1) is 0 Å². The van der Waals surface area contributed by atoms with Crippen LogP contribution in [0.1, 0.15) is 12.0 Å².